The van der Waals surface area contributed by atoms with Crippen molar-refractivity contribution in [2.45, 2.75) is 6.92 Å². The van der Waals surface area contributed by atoms with Crippen molar-refractivity contribution in [3.8, 4) is 5.75 Å². The Kier molecular flexibility index (Phi) is 4.39. The Morgan fingerprint density at radius 1 is 1.25 bits per heavy atom. The second kappa shape index (κ2) is 6.05. The molecule has 0 aliphatic rings. The van der Waals surface area contributed by atoms with Gasteiger partial charge in [-0.2, -0.15) is 0 Å². The Hall–Kier alpha value is -1.88. The van der Waals surface area contributed by atoms with Gasteiger partial charge < -0.3 is 10.1 Å². The van der Waals surface area contributed by atoms with Crippen molar-refractivity contribution in [2.75, 3.05) is 12.4 Å². The maximum atomic E-state index is 13.3. The fourth-order valence-electron chi connectivity index (χ4n) is 1.72. The first-order valence-corrected chi connectivity index (χ1v) is 6.71. The number of nitrogens with one attached hydrogen (secondary N) is 1. The average Bonchev–Trinajstić information content (AvgIpc) is 2.42. The molecule has 5 heteroatoms. The first kappa shape index (κ1) is 14.5. The molecule has 0 heterocycles. The number of anilines is 1. The molecule has 104 valence electrons. The summed E-state index contributed by atoms with van der Waals surface area (Å²) < 4.78 is 19.0. The van der Waals surface area contributed by atoms with Crippen LogP contribution in [0.1, 0.15) is 15.9 Å². The van der Waals surface area contributed by atoms with Crippen LogP contribution >= 0.6 is 15.9 Å². The number of rotatable bonds is 3. The van der Waals surface area contributed by atoms with E-state index in [0.29, 0.717) is 11.3 Å². The number of carbonyl (C=O) groups is 1. The van der Waals surface area contributed by atoms with E-state index in [4.69, 9.17) is 4.74 Å². The van der Waals surface area contributed by atoms with Gasteiger partial charge in [0.05, 0.1) is 12.8 Å². The van der Waals surface area contributed by atoms with Crippen LogP contribution in [0, 0.1) is 12.7 Å². The number of benzene rings is 2. The molecule has 0 aliphatic heterocycles. The molecule has 0 aliphatic carbocycles. The molecule has 1 amide bonds. The molecule has 0 fully saturated rings. The van der Waals surface area contributed by atoms with Crippen molar-refractivity contribution in [2.24, 2.45) is 0 Å². The zero-order valence-electron chi connectivity index (χ0n) is 11.0. The molecule has 0 bridgehead atoms. The van der Waals surface area contributed by atoms with Crippen LogP contribution in [0.4, 0.5) is 10.1 Å². The van der Waals surface area contributed by atoms with Gasteiger partial charge in [0.15, 0.2) is 11.6 Å². The van der Waals surface area contributed by atoms with Crippen LogP contribution in [-0.2, 0) is 0 Å². The number of methoxy groups -OCH3 is 1. The van der Waals surface area contributed by atoms with E-state index in [-0.39, 0.29) is 11.7 Å². The number of hydrogen-bond acceptors (Lipinski definition) is 2. The number of carbonyl (C=O) groups excluding carboxylic acids is 1. The van der Waals surface area contributed by atoms with Crippen LogP contribution in [-0.4, -0.2) is 13.0 Å². The van der Waals surface area contributed by atoms with Crippen LogP contribution in [0.3, 0.4) is 0 Å². The summed E-state index contributed by atoms with van der Waals surface area (Å²) in [5, 5.41) is 2.76. The molecule has 20 heavy (non-hydrogen) atoms. The number of amides is 1. The van der Waals surface area contributed by atoms with Gasteiger partial charge in [0.25, 0.3) is 5.91 Å². The lowest BCUT2D eigenvalue weighted by atomic mass is 10.1. The lowest BCUT2D eigenvalue weighted by Crippen LogP contribution is -2.12. The number of hydrogen-bond donors (Lipinski definition) is 1. The molecule has 0 radical (unpaired) electrons. The molecule has 0 unspecified atom stereocenters. The first-order valence-electron chi connectivity index (χ1n) is 5.92. The Labute approximate surface area is 124 Å². The van der Waals surface area contributed by atoms with Crippen molar-refractivity contribution in [3.05, 3.63) is 57.8 Å². The summed E-state index contributed by atoms with van der Waals surface area (Å²) in [5.41, 5.74) is 2.07. The molecule has 2 aromatic rings. The van der Waals surface area contributed by atoms with Gasteiger partial charge in [-0.1, -0.05) is 6.07 Å². The van der Waals surface area contributed by atoms with E-state index < -0.39 is 5.82 Å². The smallest absolute Gasteiger partial charge is 0.255 e. The lowest BCUT2D eigenvalue weighted by Gasteiger charge is -2.09. The summed E-state index contributed by atoms with van der Waals surface area (Å²) in [6.45, 7) is 1.96. The molecular formula is C15H13BrFNO2. The second-order valence-corrected chi connectivity index (χ2v) is 5.14. The Morgan fingerprint density at radius 3 is 2.65 bits per heavy atom. The minimum atomic E-state index is -0.499. The minimum absolute atomic E-state index is 0.0422. The Morgan fingerprint density at radius 2 is 2.00 bits per heavy atom. The molecule has 0 saturated heterocycles. The molecule has 3 nitrogen and oxygen atoms in total. The summed E-state index contributed by atoms with van der Waals surface area (Å²) in [6.07, 6.45) is 0. The standard InChI is InChI=1S/C15H13BrFNO2/c1-9-3-6-13(11(16)7-9)18-15(19)10-4-5-12(17)14(8-10)20-2/h3-8H,1-2H3,(H,18,19). The van der Waals surface area contributed by atoms with Crippen LogP contribution < -0.4 is 10.1 Å². The summed E-state index contributed by atoms with van der Waals surface area (Å²) in [7, 11) is 1.36. The van der Waals surface area contributed by atoms with Gasteiger partial charge in [-0.3, -0.25) is 4.79 Å². The highest BCUT2D eigenvalue weighted by Crippen LogP contribution is 2.25. The van der Waals surface area contributed by atoms with E-state index in [9.17, 15) is 9.18 Å². The number of halogens is 2. The Bertz CT molecular complexity index is 658. The van der Waals surface area contributed by atoms with Crippen molar-refractivity contribution >= 4 is 27.5 Å². The SMILES string of the molecule is COc1cc(C(=O)Nc2ccc(C)cc2Br)ccc1F. The normalized spacial score (nSPS) is 10.2. The van der Waals surface area contributed by atoms with Crippen LogP contribution in [0.15, 0.2) is 40.9 Å². The van der Waals surface area contributed by atoms with E-state index >= 15 is 0 Å². The third-order valence-electron chi connectivity index (χ3n) is 2.79. The molecule has 1 N–H and O–H groups in total. The van der Waals surface area contributed by atoms with Gasteiger partial charge in [-0.15, -0.1) is 0 Å². The van der Waals surface area contributed by atoms with E-state index in [2.05, 4.69) is 21.2 Å². The molecule has 2 rings (SSSR count). The van der Waals surface area contributed by atoms with Gasteiger partial charge in [-0.25, -0.2) is 4.39 Å². The van der Waals surface area contributed by atoms with Crippen LogP contribution in [0.5, 0.6) is 5.75 Å². The largest absolute Gasteiger partial charge is 0.494 e. The highest BCUT2D eigenvalue weighted by Gasteiger charge is 2.11. The van der Waals surface area contributed by atoms with Crippen molar-refractivity contribution in [1.82, 2.24) is 0 Å². The monoisotopic (exact) mass is 337 g/mol. The molecule has 2 aromatic carbocycles. The fourth-order valence-corrected chi connectivity index (χ4v) is 2.31. The van der Waals surface area contributed by atoms with Gasteiger partial charge in [0.1, 0.15) is 0 Å². The van der Waals surface area contributed by atoms with Gasteiger partial charge >= 0.3 is 0 Å². The molecule has 0 atom stereocenters. The third kappa shape index (κ3) is 3.17. The molecular weight excluding hydrogens is 325 g/mol. The predicted molar refractivity (Wildman–Crippen MR) is 79.8 cm³/mol. The van der Waals surface area contributed by atoms with Crippen LogP contribution in [0.2, 0.25) is 0 Å². The van der Waals surface area contributed by atoms with E-state index in [1.807, 2.05) is 19.1 Å². The van der Waals surface area contributed by atoms with Gasteiger partial charge in [0.2, 0.25) is 0 Å². The lowest BCUT2D eigenvalue weighted by molar-refractivity contribution is 0.102. The summed E-state index contributed by atoms with van der Waals surface area (Å²) in [4.78, 5) is 12.1. The van der Waals surface area contributed by atoms with Crippen molar-refractivity contribution < 1.29 is 13.9 Å². The Balaban J connectivity index is 2.24. The zero-order valence-corrected chi connectivity index (χ0v) is 12.6. The quantitative estimate of drug-likeness (QED) is 0.913. The first-order chi connectivity index (χ1) is 9.51. The second-order valence-electron chi connectivity index (χ2n) is 4.29. The highest BCUT2D eigenvalue weighted by molar-refractivity contribution is 9.10. The van der Waals surface area contributed by atoms with E-state index in [0.717, 1.165) is 10.0 Å². The van der Waals surface area contributed by atoms with E-state index in [1.165, 1.54) is 25.3 Å². The van der Waals surface area contributed by atoms with Crippen LogP contribution in [0.25, 0.3) is 0 Å². The number of aryl methyl sites for hydroxylation is 1. The fraction of sp³-hybridized carbons (Fsp3) is 0.133. The average molecular weight is 338 g/mol. The predicted octanol–water partition coefficient (Wildman–Crippen LogP) is 4.16. The summed E-state index contributed by atoms with van der Waals surface area (Å²) >= 11 is 3.39. The van der Waals surface area contributed by atoms with Gasteiger partial charge in [0, 0.05) is 10.0 Å². The molecule has 0 spiro atoms. The summed E-state index contributed by atoms with van der Waals surface area (Å²) in [6, 6.07) is 9.59. The maximum absolute atomic E-state index is 13.3. The third-order valence-corrected chi connectivity index (χ3v) is 3.44. The van der Waals surface area contributed by atoms with E-state index in [1.54, 1.807) is 6.07 Å². The topological polar surface area (TPSA) is 38.3 Å². The van der Waals surface area contributed by atoms with Crippen molar-refractivity contribution in [3.63, 3.8) is 0 Å². The zero-order chi connectivity index (χ0) is 14.7. The molecule has 0 aromatic heterocycles. The summed E-state index contributed by atoms with van der Waals surface area (Å²) in [5.74, 6) is -0.783. The molecule has 0 saturated carbocycles. The van der Waals surface area contributed by atoms with Crippen molar-refractivity contribution in [1.29, 1.82) is 0 Å². The highest BCUT2D eigenvalue weighted by atomic mass is 79.9. The maximum Gasteiger partial charge on any atom is 0.255 e. The van der Waals surface area contributed by atoms with Gasteiger partial charge in [-0.05, 0) is 58.7 Å². The minimum Gasteiger partial charge on any atom is -0.494 e. The number of ether oxygens (including phenoxy) is 1.